The first kappa shape index (κ1) is 16.4. The molecule has 1 rings (SSSR count). The van der Waals surface area contributed by atoms with Crippen molar-refractivity contribution in [3.05, 3.63) is 28.3 Å². The number of rotatable bonds is 7. The molecule has 0 unspecified atom stereocenters. The van der Waals surface area contributed by atoms with Crippen LogP contribution in [0.3, 0.4) is 0 Å². The van der Waals surface area contributed by atoms with Gasteiger partial charge in [0.2, 0.25) is 10.0 Å². The Kier molecular flexibility index (Phi) is 5.46. The highest BCUT2D eigenvalue weighted by atomic mass is 32.2. The number of nitrogens with one attached hydrogen (secondary N) is 1. The van der Waals surface area contributed by atoms with E-state index in [0.717, 1.165) is 10.7 Å². The number of unbranched alkanes of at least 4 members (excludes halogenated alkanes) is 1. The number of hydrogen-bond acceptors (Lipinski definition) is 5. The third kappa shape index (κ3) is 3.45. The van der Waals surface area contributed by atoms with Gasteiger partial charge in [-0.05, 0) is 18.6 Å². The molecular formula is C12H19N3O4S. The Hall–Kier alpha value is -1.67. The van der Waals surface area contributed by atoms with Gasteiger partial charge >= 0.3 is 0 Å². The summed E-state index contributed by atoms with van der Waals surface area (Å²) in [5.74, 6) is 0. The summed E-state index contributed by atoms with van der Waals surface area (Å²) >= 11 is 0. The van der Waals surface area contributed by atoms with E-state index >= 15 is 0 Å². The zero-order valence-electron chi connectivity index (χ0n) is 11.8. The molecule has 0 spiro atoms. The van der Waals surface area contributed by atoms with E-state index in [0.29, 0.717) is 18.7 Å². The molecular weight excluding hydrogens is 282 g/mol. The second kappa shape index (κ2) is 6.67. The van der Waals surface area contributed by atoms with Gasteiger partial charge in [0, 0.05) is 32.4 Å². The van der Waals surface area contributed by atoms with Crippen molar-refractivity contribution in [2.24, 2.45) is 0 Å². The molecule has 0 fully saturated rings. The lowest BCUT2D eigenvalue weighted by molar-refractivity contribution is -0.387. The Bertz CT molecular complexity index is 586. The Balaban J connectivity index is 3.27. The first-order valence-corrected chi connectivity index (χ1v) is 7.71. The van der Waals surface area contributed by atoms with Crippen LogP contribution in [0.2, 0.25) is 0 Å². The van der Waals surface area contributed by atoms with E-state index in [4.69, 9.17) is 0 Å². The number of nitro benzene ring substituents is 1. The predicted octanol–water partition coefficient (Wildman–Crippen LogP) is 2.06. The zero-order chi connectivity index (χ0) is 15.3. The maximum absolute atomic E-state index is 12.4. The van der Waals surface area contributed by atoms with Gasteiger partial charge in [0.1, 0.15) is 0 Å². The highest BCUT2D eigenvalue weighted by molar-refractivity contribution is 7.89. The number of nitrogens with zero attached hydrogens (tertiary/aromatic N) is 2. The van der Waals surface area contributed by atoms with E-state index in [2.05, 4.69) is 5.32 Å². The fraction of sp³-hybridized carbons (Fsp3) is 0.500. The van der Waals surface area contributed by atoms with E-state index in [1.807, 2.05) is 6.92 Å². The van der Waals surface area contributed by atoms with Crippen molar-refractivity contribution in [1.82, 2.24) is 4.31 Å². The van der Waals surface area contributed by atoms with Gasteiger partial charge in [-0.15, -0.1) is 0 Å². The predicted molar refractivity (Wildman–Crippen MR) is 77.4 cm³/mol. The van der Waals surface area contributed by atoms with Crippen molar-refractivity contribution >= 4 is 21.4 Å². The van der Waals surface area contributed by atoms with Crippen molar-refractivity contribution in [2.75, 3.05) is 26.0 Å². The second-order valence-corrected chi connectivity index (χ2v) is 6.38. The molecule has 0 aromatic heterocycles. The minimum absolute atomic E-state index is 0.278. The molecule has 0 saturated heterocycles. The van der Waals surface area contributed by atoms with Gasteiger partial charge in [-0.25, -0.2) is 12.7 Å². The molecule has 0 amide bonds. The molecule has 20 heavy (non-hydrogen) atoms. The number of nitro groups is 1. The topological polar surface area (TPSA) is 92.6 Å². The van der Waals surface area contributed by atoms with E-state index < -0.39 is 20.6 Å². The minimum atomic E-state index is -3.85. The molecule has 0 atom stereocenters. The van der Waals surface area contributed by atoms with Crippen molar-refractivity contribution in [3.63, 3.8) is 0 Å². The van der Waals surface area contributed by atoms with Crippen molar-refractivity contribution in [1.29, 1.82) is 0 Å². The van der Waals surface area contributed by atoms with E-state index in [-0.39, 0.29) is 4.90 Å². The molecule has 112 valence electrons. The lowest BCUT2D eigenvalue weighted by Gasteiger charge is -2.17. The highest BCUT2D eigenvalue weighted by Crippen LogP contribution is 2.29. The summed E-state index contributed by atoms with van der Waals surface area (Å²) in [6.45, 7) is 2.29. The van der Waals surface area contributed by atoms with Crippen LogP contribution in [-0.4, -0.2) is 38.3 Å². The van der Waals surface area contributed by atoms with Crippen LogP contribution >= 0.6 is 0 Å². The molecule has 0 radical (unpaired) electrons. The molecule has 1 aromatic carbocycles. The number of hydrogen-bond donors (Lipinski definition) is 1. The first-order valence-electron chi connectivity index (χ1n) is 6.27. The van der Waals surface area contributed by atoms with Crippen LogP contribution in [-0.2, 0) is 10.0 Å². The first-order chi connectivity index (χ1) is 9.34. The Morgan fingerprint density at radius 2 is 2.05 bits per heavy atom. The van der Waals surface area contributed by atoms with E-state index in [1.54, 1.807) is 7.05 Å². The molecule has 7 nitrogen and oxygen atoms in total. The van der Waals surface area contributed by atoms with Crippen LogP contribution in [0.5, 0.6) is 0 Å². The van der Waals surface area contributed by atoms with Crippen molar-refractivity contribution in [3.8, 4) is 0 Å². The third-order valence-electron chi connectivity index (χ3n) is 2.96. The summed E-state index contributed by atoms with van der Waals surface area (Å²) in [5.41, 5.74) is 0.0760. The van der Waals surface area contributed by atoms with Crippen LogP contribution < -0.4 is 5.32 Å². The van der Waals surface area contributed by atoms with Gasteiger partial charge in [-0.3, -0.25) is 10.1 Å². The average Bonchev–Trinajstić information content (AvgIpc) is 2.43. The number of anilines is 1. The molecule has 1 N–H and O–H groups in total. The molecule has 0 aliphatic heterocycles. The molecule has 0 heterocycles. The normalized spacial score (nSPS) is 11.6. The van der Waals surface area contributed by atoms with Gasteiger partial charge < -0.3 is 5.32 Å². The van der Waals surface area contributed by atoms with E-state index in [9.17, 15) is 18.5 Å². The maximum atomic E-state index is 12.4. The largest absolute Gasteiger partial charge is 0.388 e. The molecule has 0 saturated carbocycles. The lowest BCUT2D eigenvalue weighted by Crippen LogP contribution is -2.28. The summed E-state index contributed by atoms with van der Waals surface area (Å²) in [6, 6.07) is 4.00. The summed E-state index contributed by atoms with van der Waals surface area (Å²) < 4.78 is 25.9. The Morgan fingerprint density at radius 3 is 2.55 bits per heavy atom. The number of sulfonamides is 1. The fourth-order valence-corrected chi connectivity index (χ4v) is 3.05. The molecule has 8 heteroatoms. The monoisotopic (exact) mass is 301 g/mol. The number of benzene rings is 1. The van der Waals surface area contributed by atoms with Crippen LogP contribution in [0.15, 0.2) is 23.1 Å². The van der Waals surface area contributed by atoms with Gasteiger partial charge in [0.15, 0.2) is 4.90 Å². The Morgan fingerprint density at radius 1 is 1.40 bits per heavy atom. The Labute approximate surface area is 118 Å². The van der Waals surface area contributed by atoms with Gasteiger partial charge in [-0.1, -0.05) is 13.3 Å². The standard InChI is InChI=1S/C12H19N3O4S/c1-4-5-8-14(3)20(18,19)12-7-6-10(13-2)9-11(12)15(16)17/h6-7,9,13H,4-5,8H2,1-3H3. The molecule has 0 aliphatic rings. The van der Waals surface area contributed by atoms with Crippen LogP contribution in [0.1, 0.15) is 19.8 Å². The minimum Gasteiger partial charge on any atom is -0.388 e. The van der Waals surface area contributed by atoms with Gasteiger partial charge in [0.05, 0.1) is 4.92 Å². The molecule has 0 bridgehead atoms. The SMILES string of the molecule is CCCCN(C)S(=O)(=O)c1ccc(NC)cc1[N+](=O)[O-]. The van der Waals surface area contributed by atoms with E-state index in [1.165, 1.54) is 25.2 Å². The maximum Gasteiger partial charge on any atom is 0.291 e. The van der Waals surface area contributed by atoms with Crippen molar-refractivity contribution in [2.45, 2.75) is 24.7 Å². The summed E-state index contributed by atoms with van der Waals surface area (Å²) in [7, 11) is -0.805. The highest BCUT2D eigenvalue weighted by Gasteiger charge is 2.29. The van der Waals surface area contributed by atoms with Gasteiger partial charge in [-0.2, -0.15) is 0 Å². The fourth-order valence-electron chi connectivity index (χ4n) is 1.70. The molecule has 0 aliphatic carbocycles. The lowest BCUT2D eigenvalue weighted by atomic mass is 10.3. The van der Waals surface area contributed by atoms with Crippen LogP contribution in [0.4, 0.5) is 11.4 Å². The smallest absolute Gasteiger partial charge is 0.291 e. The summed E-state index contributed by atoms with van der Waals surface area (Å²) in [6.07, 6.45) is 1.55. The zero-order valence-corrected chi connectivity index (χ0v) is 12.6. The van der Waals surface area contributed by atoms with Crippen LogP contribution in [0.25, 0.3) is 0 Å². The summed E-state index contributed by atoms with van der Waals surface area (Å²) in [4.78, 5) is 10.1. The van der Waals surface area contributed by atoms with Crippen LogP contribution in [0, 0.1) is 10.1 Å². The summed E-state index contributed by atoms with van der Waals surface area (Å²) in [5, 5.41) is 13.8. The third-order valence-corrected chi connectivity index (χ3v) is 4.86. The quantitative estimate of drug-likeness (QED) is 0.614. The van der Waals surface area contributed by atoms with Gasteiger partial charge in [0.25, 0.3) is 5.69 Å². The van der Waals surface area contributed by atoms with Crippen molar-refractivity contribution < 1.29 is 13.3 Å². The molecule has 1 aromatic rings. The second-order valence-electron chi connectivity index (χ2n) is 4.37. The average molecular weight is 301 g/mol.